The van der Waals surface area contributed by atoms with Crippen LogP contribution in [0, 0.1) is 13.8 Å². The molecule has 0 saturated carbocycles. The summed E-state index contributed by atoms with van der Waals surface area (Å²) in [6.45, 7) is 4.43. The van der Waals surface area contributed by atoms with Crippen LogP contribution in [0.3, 0.4) is 0 Å². The molecule has 6 aromatic carbocycles. The smallest absolute Gasteiger partial charge is 0.238 e. The van der Waals surface area contributed by atoms with Gasteiger partial charge in [-0.3, -0.25) is 4.57 Å². The first kappa shape index (κ1) is 25.1. The van der Waals surface area contributed by atoms with E-state index in [9.17, 15) is 0 Å². The second-order valence-electron chi connectivity index (χ2n) is 11.0. The fourth-order valence-corrected chi connectivity index (χ4v) is 6.38. The highest BCUT2D eigenvalue weighted by atomic mass is 15.2. The fourth-order valence-electron chi connectivity index (χ4n) is 6.38. The summed E-state index contributed by atoms with van der Waals surface area (Å²) >= 11 is 0. The second-order valence-corrected chi connectivity index (χ2v) is 11.0. The number of rotatable bonds is 4. The van der Waals surface area contributed by atoms with Gasteiger partial charge in [-0.15, -0.1) is 0 Å². The van der Waals surface area contributed by atoms with Gasteiger partial charge in [0, 0.05) is 27.5 Å². The van der Waals surface area contributed by atoms with Crippen molar-refractivity contribution in [1.82, 2.24) is 19.5 Å². The van der Waals surface area contributed by atoms with Crippen LogP contribution in [0.25, 0.3) is 72.4 Å². The molecule has 0 aliphatic carbocycles. The van der Waals surface area contributed by atoms with Gasteiger partial charge < -0.3 is 0 Å². The summed E-state index contributed by atoms with van der Waals surface area (Å²) in [5.41, 5.74) is 8.94. The third kappa shape index (κ3) is 4.03. The monoisotopic (exact) mass is 552 g/mol. The average Bonchev–Trinajstić information content (AvgIpc) is 3.41. The maximum atomic E-state index is 5.18. The first-order chi connectivity index (χ1) is 21.2. The molecule has 0 bridgehead atoms. The normalized spacial score (nSPS) is 11.5. The topological polar surface area (TPSA) is 43.6 Å². The molecule has 4 heteroatoms. The molecule has 0 spiro atoms. The summed E-state index contributed by atoms with van der Waals surface area (Å²) in [6, 6.07) is 46.3. The van der Waals surface area contributed by atoms with Crippen LogP contribution in [0.4, 0.5) is 0 Å². The van der Waals surface area contributed by atoms with Crippen molar-refractivity contribution in [2.75, 3.05) is 0 Å². The number of fused-ring (bicyclic) bond motifs is 5. The summed E-state index contributed by atoms with van der Waals surface area (Å²) in [5.74, 6) is 1.89. The Morgan fingerprint density at radius 1 is 0.488 bits per heavy atom. The highest BCUT2D eigenvalue weighted by molar-refractivity contribution is 6.26. The zero-order chi connectivity index (χ0) is 28.9. The molecule has 8 rings (SSSR count). The maximum Gasteiger partial charge on any atom is 0.238 e. The number of para-hydroxylation sites is 1. The molecule has 0 fully saturated rings. The Bertz CT molecular complexity index is 2240. The lowest BCUT2D eigenvalue weighted by Gasteiger charge is -2.18. The number of benzene rings is 6. The highest BCUT2D eigenvalue weighted by Gasteiger charge is 2.24. The van der Waals surface area contributed by atoms with Crippen LogP contribution in [-0.4, -0.2) is 19.5 Å². The fraction of sp³-hybridized carbons (Fsp3) is 0.0513. The highest BCUT2D eigenvalue weighted by Crippen LogP contribution is 2.45. The first-order valence-electron chi connectivity index (χ1n) is 14.6. The van der Waals surface area contributed by atoms with E-state index < -0.39 is 0 Å². The molecule has 4 nitrogen and oxygen atoms in total. The van der Waals surface area contributed by atoms with Crippen molar-refractivity contribution in [1.29, 1.82) is 0 Å². The predicted octanol–water partition coefficient (Wildman–Crippen LogP) is 9.74. The summed E-state index contributed by atoms with van der Waals surface area (Å²) < 4.78 is 2.26. The Kier molecular flexibility index (Phi) is 5.86. The van der Waals surface area contributed by atoms with Crippen molar-refractivity contribution in [3.8, 4) is 39.9 Å². The summed E-state index contributed by atoms with van der Waals surface area (Å²) in [7, 11) is 0. The first-order valence-corrected chi connectivity index (χ1v) is 14.6. The Hall–Kier alpha value is -5.61. The second kappa shape index (κ2) is 10.0. The average molecular weight is 553 g/mol. The molecular formula is C39H28N4. The Labute approximate surface area is 250 Å². The van der Waals surface area contributed by atoms with E-state index in [4.69, 9.17) is 15.0 Å². The molecule has 2 aromatic heterocycles. The molecule has 0 N–H and O–H groups in total. The molecule has 0 atom stereocenters. The third-order valence-corrected chi connectivity index (χ3v) is 8.39. The Morgan fingerprint density at radius 2 is 1.02 bits per heavy atom. The van der Waals surface area contributed by atoms with Crippen molar-refractivity contribution >= 4 is 32.6 Å². The number of hydrogen-bond donors (Lipinski definition) is 0. The lowest BCUT2D eigenvalue weighted by atomic mass is 9.89. The zero-order valence-corrected chi connectivity index (χ0v) is 24.0. The number of nitrogens with zero attached hydrogens (tertiary/aromatic N) is 4. The molecule has 2 heterocycles. The minimum Gasteiger partial charge on any atom is -0.277 e. The zero-order valence-electron chi connectivity index (χ0n) is 24.0. The van der Waals surface area contributed by atoms with E-state index in [0.717, 1.165) is 22.2 Å². The van der Waals surface area contributed by atoms with Crippen LogP contribution in [0.5, 0.6) is 0 Å². The lowest BCUT2D eigenvalue weighted by Crippen LogP contribution is -2.07. The van der Waals surface area contributed by atoms with Crippen molar-refractivity contribution in [2.45, 2.75) is 13.8 Å². The molecule has 8 aromatic rings. The standard InChI is InChI=1S/C39H28N4/c1-25-15-9-10-20-29(25)34-26(2)30-21-11-12-22-31(30)35-32-23-13-14-24-33(32)43(36(34)35)39-41-37(27-16-5-3-6-17-27)40-38(42-39)28-18-7-4-8-19-28/h3-24H,1-2H3. The largest absolute Gasteiger partial charge is 0.277 e. The van der Waals surface area contributed by atoms with Crippen LogP contribution in [0.2, 0.25) is 0 Å². The molecular weight excluding hydrogens is 524 g/mol. The van der Waals surface area contributed by atoms with Crippen LogP contribution >= 0.6 is 0 Å². The van der Waals surface area contributed by atoms with Gasteiger partial charge in [-0.25, -0.2) is 4.98 Å². The summed E-state index contributed by atoms with van der Waals surface area (Å²) in [6.07, 6.45) is 0. The number of aromatic nitrogens is 4. The van der Waals surface area contributed by atoms with Gasteiger partial charge in [0.15, 0.2) is 11.6 Å². The van der Waals surface area contributed by atoms with Crippen LogP contribution in [0.15, 0.2) is 133 Å². The molecule has 0 amide bonds. The predicted molar refractivity (Wildman–Crippen MR) is 177 cm³/mol. The SMILES string of the molecule is Cc1ccccc1-c1c(C)c2ccccc2c2c3ccccc3n(-c3nc(-c4ccccc4)nc(-c4ccccc4)n3)c12. The van der Waals surface area contributed by atoms with Crippen LogP contribution in [0.1, 0.15) is 11.1 Å². The minimum atomic E-state index is 0.600. The van der Waals surface area contributed by atoms with Crippen LogP contribution < -0.4 is 0 Å². The molecule has 204 valence electrons. The van der Waals surface area contributed by atoms with Crippen molar-refractivity contribution in [3.63, 3.8) is 0 Å². The molecule has 0 aliphatic rings. The molecule has 0 saturated heterocycles. The van der Waals surface area contributed by atoms with Crippen molar-refractivity contribution < 1.29 is 0 Å². The van der Waals surface area contributed by atoms with Crippen LogP contribution in [-0.2, 0) is 0 Å². The minimum absolute atomic E-state index is 0.600. The van der Waals surface area contributed by atoms with E-state index >= 15 is 0 Å². The number of aryl methyl sites for hydroxylation is 2. The van der Waals surface area contributed by atoms with E-state index in [1.807, 2.05) is 36.4 Å². The van der Waals surface area contributed by atoms with Crippen molar-refractivity contribution in [2.24, 2.45) is 0 Å². The van der Waals surface area contributed by atoms with E-state index in [2.05, 4.69) is 115 Å². The van der Waals surface area contributed by atoms with Gasteiger partial charge in [-0.2, -0.15) is 9.97 Å². The van der Waals surface area contributed by atoms with Gasteiger partial charge in [-0.05, 0) is 47.4 Å². The van der Waals surface area contributed by atoms with Gasteiger partial charge in [0.25, 0.3) is 0 Å². The van der Waals surface area contributed by atoms with E-state index in [0.29, 0.717) is 17.6 Å². The summed E-state index contributed by atoms with van der Waals surface area (Å²) in [5, 5.41) is 4.86. The molecule has 43 heavy (non-hydrogen) atoms. The molecule has 0 radical (unpaired) electrons. The van der Waals surface area contributed by atoms with E-state index in [-0.39, 0.29) is 0 Å². The quantitative estimate of drug-likeness (QED) is 0.218. The third-order valence-electron chi connectivity index (χ3n) is 8.39. The van der Waals surface area contributed by atoms with E-state index in [1.54, 1.807) is 0 Å². The van der Waals surface area contributed by atoms with Gasteiger partial charge in [0.2, 0.25) is 5.95 Å². The molecule has 0 unspecified atom stereocenters. The van der Waals surface area contributed by atoms with Gasteiger partial charge in [0.05, 0.1) is 11.0 Å². The maximum absolute atomic E-state index is 5.18. The van der Waals surface area contributed by atoms with Crippen molar-refractivity contribution in [3.05, 3.63) is 145 Å². The lowest BCUT2D eigenvalue weighted by molar-refractivity contribution is 0.953. The number of hydrogen-bond acceptors (Lipinski definition) is 3. The van der Waals surface area contributed by atoms with Gasteiger partial charge >= 0.3 is 0 Å². The van der Waals surface area contributed by atoms with Gasteiger partial charge in [-0.1, -0.05) is 127 Å². The Balaban J connectivity index is 1.58. The van der Waals surface area contributed by atoms with Gasteiger partial charge in [0.1, 0.15) is 0 Å². The Morgan fingerprint density at radius 3 is 1.67 bits per heavy atom. The summed E-state index contributed by atoms with van der Waals surface area (Å²) in [4.78, 5) is 15.3. The van der Waals surface area contributed by atoms with E-state index in [1.165, 1.54) is 43.8 Å². The molecule has 0 aliphatic heterocycles.